The number of hydrogen-bond acceptors (Lipinski definition) is 2. The van der Waals surface area contributed by atoms with Gasteiger partial charge in [0.15, 0.2) is 5.69 Å². The average molecular weight is 349 g/mol. The molecule has 0 aliphatic rings. The topological polar surface area (TPSA) is 27.1 Å². The smallest absolute Gasteiger partial charge is 0.433 e. The molecule has 0 aliphatic heterocycles. The van der Waals surface area contributed by atoms with Crippen LogP contribution in [0.4, 0.5) is 13.2 Å². The number of nitrogens with zero attached hydrogens (tertiary/aromatic N) is 2. The molecule has 1 aromatic carbocycles. The second kappa shape index (κ2) is 5.87. The van der Waals surface area contributed by atoms with Crippen molar-refractivity contribution in [1.29, 1.82) is 0 Å². The van der Waals surface area contributed by atoms with E-state index in [1.165, 1.54) is 6.20 Å². The van der Waals surface area contributed by atoms with E-state index in [0.29, 0.717) is 18.0 Å². The van der Waals surface area contributed by atoms with E-state index in [4.69, 9.17) is 4.74 Å². The van der Waals surface area contributed by atoms with Gasteiger partial charge in [0.1, 0.15) is 5.75 Å². The van der Waals surface area contributed by atoms with Crippen LogP contribution >= 0.6 is 15.9 Å². The molecule has 0 fully saturated rings. The summed E-state index contributed by atoms with van der Waals surface area (Å²) >= 11 is 3.05. The Morgan fingerprint density at radius 1 is 1.25 bits per heavy atom. The number of benzene rings is 1. The van der Waals surface area contributed by atoms with Crippen LogP contribution in [0.5, 0.6) is 5.75 Å². The molecule has 20 heavy (non-hydrogen) atoms. The number of ether oxygens (including phenoxy) is 1. The quantitative estimate of drug-likeness (QED) is 0.775. The predicted molar refractivity (Wildman–Crippen MR) is 72.4 cm³/mol. The van der Waals surface area contributed by atoms with E-state index < -0.39 is 11.9 Å². The summed E-state index contributed by atoms with van der Waals surface area (Å²) in [6, 6.07) is 6.33. The van der Waals surface area contributed by atoms with Gasteiger partial charge in [-0.15, -0.1) is 0 Å². The van der Waals surface area contributed by atoms with Crippen LogP contribution in [0, 0.1) is 0 Å². The molecule has 0 saturated carbocycles. The molecular weight excluding hydrogens is 337 g/mol. The Bertz CT molecular complexity index is 578. The molecule has 0 aliphatic carbocycles. The zero-order valence-electron chi connectivity index (χ0n) is 10.6. The molecule has 2 rings (SSSR count). The monoisotopic (exact) mass is 348 g/mol. The van der Waals surface area contributed by atoms with E-state index >= 15 is 0 Å². The van der Waals surface area contributed by atoms with E-state index in [0.717, 1.165) is 4.68 Å². The van der Waals surface area contributed by atoms with Crippen LogP contribution in [-0.4, -0.2) is 16.4 Å². The molecule has 7 heteroatoms. The summed E-state index contributed by atoms with van der Waals surface area (Å²) in [6.07, 6.45) is -3.24. The normalized spacial score (nSPS) is 11.7. The molecule has 1 heterocycles. The van der Waals surface area contributed by atoms with E-state index in [2.05, 4.69) is 21.0 Å². The molecule has 0 amide bonds. The first kappa shape index (κ1) is 14.9. The molecule has 0 saturated heterocycles. The fourth-order valence-electron chi connectivity index (χ4n) is 1.83. The van der Waals surface area contributed by atoms with E-state index in [1.807, 2.05) is 6.92 Å². The van der Waals surface area contributed by atoms with Crippen molar-refractivity contribution in [3.05, 3.63) is 41.7 Å². The van der Waals surface area contributed by atoms with Gasteiger partial charge in [-0.2, -0.15) is 18.3 Å². The fraction of sp³-hybridized carbons (Fsp3) is 0.308. The summed E-state index contributed by atoms with van der Waals surface area (Å²) in [6.45, 7) is 2.34. The minimum Gasteiger partial charge on any atom is -0.494 e. The van der Waals surface area contributed by atoms with Gasteiger partial charge >= 0.3 is 6.18 Å². The Kier molecular flexibility index (Phi) is 4.37. The van der Waals surface area contributed by atoms with Crippen molar-refractivity contribution in [3.8, 4) is 11.4 Å². The van der Waals surface area contributed by atoms with Crippen LogP contribution in [0.2, 0.25) is 0 Å². The molecule has 0 spiro atoms. The van der Waals surface area contributed by atoms with Crippen LogP contribution in [0.1, 0.15) is 18.2 Å². The summed E-state index contributed by atoms with van der Waals surface area (Å²) in [5.41, 5.74) is -0.321. The molecule has 1 aromatic heterocycles. The first-order valence-electron chi connectivity index (χ1n) is 5.90. The zero-order chi connectivity index (χ0) is 14.8. The Labute approximate surface area is 122 Å². The standard InChI is InChI=1S/C13H12BrF3N2O/c1-2-20-11-5-3-10(4-6-11)19-12(13(15,16)17)9(7-14)8-18-19/h3-6,8H,2,7H2,1H3. The summed E-state index contributed by atoms with van der Waals surface area (Å²) in [4.78, 5) is 0. The van der Waals surface area contributed by atoms with Crippen LogP contribution in [0.25, 0.3) is 5.69 Å². The predicted octanol–water partition coefficient (Wildman–Crippen LogP) is 4.18. The average Bonchev–Trinajstić information content (AvgIpc) is 2.84. The molecule has 0 unspecified atom stereocenters. The van der Waals surface area contributed by atoms with Gasteiger partial charge in [0.05, 0.1) is 18.5 Å². The first-order chi connectivity index (χ1) is 9.47. The van der Waals surface area contributed by atoms with Gasteiger partial charge in [0.25, 0.3) is 0 Å². The molecule has 0 radical (unpaired) electrons. The van der Waals surface area contributed by atoms with Gasteiger partial charge in [-0.1, -0.05) is 15.9 Å². The molecule has 2 aromatic rings. The summed E-state index contributed by atoms with van der Waals surface area (Å²) in [5, 5.41) is 3.92. The fourth-order valence-corrected chi connectivity index (χ4v) is 2.24. The van der Waals surface area contributed by atoms with Crippen molar-refractivity contribution in [2.24, 2.45) is 0 Å². The lowest BCUT2D eigenvalue weighted by atomic mass is 10.2. The van der Waals surface area contributed by atoms with Gasteiger partial charge in [-0.05, 0) is 31.2 Å². The molecule has 108 valence electrons. The third kappa shape index (κ3) is 2.98. The molecule has 3 nitrogen and oxygen atoms in total. The van der Waals surface area contributed by atoms with Gasteiger partial charge in [0, 0.05) is 10.9 Å². The lowest BCUT2D eigenvalue weighted by Gasteiger charge is -2.12. The Morgan fingerprint density at radius 3 is 2.40 bits per heavy atom. The lowest BCUT2D eigenvalue weighted by molar-refractivity contribution is -0.143. The lowest BCUT2D eigenvalue weighted by Crippen LogP contribution is -2.15. The Morgan fingerprint density at radius 2 is 1.90 bits per heavy atom. The zero-order valence-corrected chi connectivity index (χ0v) is 12.2. The second-order valence-electron chi connectivity index (χ2n) is 3.99. The maximum absolute atomic E-state index is 13.1. The highest BCUT2D eigenvalue weighted by atomic mass is 79.9. The van der Waals surface area contributed by atoms with E-state index in [-0.39, 0.29) is 10.9 Å². The molecular formula is C13H12BrF3N2O. The number of aromatic nitrogens is 2. The van der Waals surface area contributed by atoms with Crippen molar-refractivity contribution in [1.82, 2.24) is 9.78 Å². The van der Waals surface area contributed by atoms with Crippen molar-refractivity contribution >= 4 is 15.9 Å². The molecule has 0 atom stereocenters. The van der Waals surface area contributed by atoms with Crippen LogP contribution in [-0.2, 0) is 11.5 Å². The molecule has 0 bridgehead atoms. The van der Waals surface area contributed by atoms with Crippen LogP contribution < -0.4 is 4.74 Å². The maximum atomic E-state index is 13.1. The highest BCUT2D eigenvalue weighted by Crippen LogP contribution is 2.34. The van der Waals surface area contributed by atoms with Crippen molar-refractivity contribution in [2.45, 2.75) is 18.4 Å². The third-order valence-corrected chi connectivity index (χ3v) is 3.25. The van der Waals surface area contributed by atoms with Crippen LogP contribution in [0.3, 0.4) is 0 Å². The third-order valence-electron chi connectivity index (χ3n) is 2.65. The van der Waals surface area contributed by atoms with Gasteiger partial charge in [0.2, 0.25) is 0 Å². The largest absolute Gasteiger partial charge is 0.494 e. The molecule has 0 N–H and O–H groups in total. The van der Waals surface area contributed by atoms with Crippen molar-refractivity contribution in [3.63, 3.8) is 0 Å². The summed E-state index contributed by atoms with van der Waals surface area (Å²) < 4.78 is 45.5. The minimum absolute atomic E-state index is 0.0961. The van der Waals surface area contributed by atoms with Crippen molar-refractivity contribution in [2.75, 3.05) is 6.61 Å². The number of hydrogen-bond donors (Lipinski definition) is 0. The highest BCUT2D eigenvalue weighted by Gasteiger charge is 2.38. The maximum Gasteiger partial charge on any atom is 0.433 e. The minimum atomic E-state index is -4.46. The van der Waals surface area contributed by atoms with E-state index in [9.17, 15) is 13.2 Å². The van der Waals surface area contributed by atoms with Gasteiger partial charge in [-0.25, -0.2) is 4.68 Å². The van der Waals surface area contributed by atoms with E-state index in [1.54, 1.807) is 24.3 Å². The van der Waals surface area contributed by atoms with Gasteiger partial charge in [-0.3, -0.25) is 0 Å². The SMILES string of the molecule is CCOc1ccc(-n2ncc(CBr)c2C(F)(F)F)cc1. The summed E-state index contributed by atoms with van der Waals surface area (Å²) in [5.74, 6) is 0.609. The first-order valence-corrected chi connectivity index (χ1v) is 7.02. The highest BCUT2D eigenvalue weighted by molar-refractivity contribution is 9.08. The number of rotatable bonds is 4. The van der Waals surface area contributed by atoms with Crippen molar-refractivity contribution < 1.29 is 17.9 Å². The van der Waals surface area contributed by atoms with Crippen LogP contribution in [0.15, 0.2) is 30.5 Å². The number of halogens is 4. The summed E-state index contributed by atoms with van der Waals surface area (Å²) in [7, 11) is 0. The Balaban J connectivity index is 2.45. The second-order valence-corrected chi connectivity index (χ2v) is 4.55. The van der Waals surface area contributed by atoms with Gasteiger partial charge < -0.3 is 4.74 Å². The number of alkyl halides is 4. The Hall–Kier alpha value is -1.50.